The number of aromatic nitrogens is 2. The molecule has 0 radical (unpaired) electrons. The van der Waals surface area contributed by atoms with Crippen molar-refractivity contribution in [2.75, 3.05) is 6.54 Å². The molecule has 0 unspecified atom stereocenters. The van der Waals surface area contributed by atoms with Gasteiger partial charge >= 0.3 is 6.09 Å². The first-order valence-electron chi connectivity index (χ1n) is 6.58. The van der Waals surface area contributed by atoms with Crippen molar-refractivity contribution < 1.29 is 9.53 Å². The number of nitrogens with zero attached hydrogens (tertiary/aromatic N) is 3. The van der Waals surface area contributed by atoms with Crippen LogP contribution in [0.25, 0.3) is 0 Å². The van der Waals surface area contributed by atoms with E-state index in [0.29, 0.717) is 13.1 Å². The van der Waals surface area contributed by atoms with Crippen LogP contribution in [0.4, 0.5) is 4.79 Å². The van der Waals surface area contributed by atoms with Crippen molar-refractivity contribution in [1.82, 2.24) is 14.7 Å². The molecule has 6 heteroatoms. The molecule has 19 heavy (non-hydrogen) atoms. The number of amides is 1. The van der Waals surface area contributed by atoms with E-state index in [-0.39, 0.29) is 18.2 Å². The Labute approximate surface area is 113 Å². The van der Waals surface area contributed by atoms with Crippen molar-refractivity contribution in [3.05, 3.63) is 18.5 Å². The van der Waals surface area contributed by atoms with Crippen LogP contribution in [0.1, 0.15) is 27.2 Å². The molecule has 1 amide bonds. The smallest absolute Gasteiger partial charge is 0.410 e. The molecule has 1 aromatic rings. The lowest BCUT2D eigenvalue weighted by Gasteiger charge is -2.28. The fraction of sp³-hybridized carbons (Fsp3) is 0.692. The molecule has 1 saturated heterocycles. The number of carbonyl (C=O) groups is 1. The Kier molecular flexibility index (Phi) is 3.80. The summed E-state index contributed by atoms with van der Waals surface area (Å²) in [6.45, 7) is 6.79. The number of rotatable bonds is 2. The fourth-order valence-corrected chi connectivity index (χ4v) is 2.29. The lowest BCUT2D eigenvalue weighted by molar-refractivity contribution is 0.0210. The van der Waals surface area contributed by atoms with Crippen LogP contribution < -0.4 is 5.73 Å². The van der Waals surface area contributed by atoms with E-state index < -0.39 is 5.60 Å². The second-order valence-electron chi connectivity index (χ2n) is 6.01. The van der Waals surface area contributed by atoms with E-state index in [0.717, 1.165) is 6.42 Å². The molecular weight excluding hydrogens is 244 g/mol. The van der Waals surface area contributed by atoms with E-state index >= 15 is 0 Å². The Morgan fingerprint density at radius 3 is 2.84 bits per heavy atom. The number of ether oxygens (including phenoxy) is 1. The predicted octanol–water partition coefficient (Wildman–Crippen LogP) is 1.22. The van der Waals surface area contributed by atoms with Crippen molar-refractivity contribution in [1.29, 1.82) is 0 Å². The summed E-state index contributed by atoms with van der Waals surface area (Å²) < 4.78 is 7.24. The van der Waals surface area contributed by atoms with Gasteiger partial charge in [-0.1, -0.05) is 0 Å². The molecule has 2 rings (SSSR count). The topological polar surface area (TPSA) is 73.4 Å². The quantitative estimate of drug-likeness (QED) is 0.873. The van der Waals surface area contributed by atoms with Crippen LogP contribution in [0.5, 0.6) is 0 Å². The van der Waals surface area contributed by atoms with Crippen LogP contribution in [-0.4, -0.2) is 45.0 Å². The average molecular weight is 266 g/mol. The third-order valence-electron chi connectivity index (χ3n) is 3.03. The number of hydrogen-bond acceptors (Lipinski definition) is 4. The van der Waals surface area contributed by atoms with Gasteiger partial charge < -0.3 is 15.4 Å². The summed E-state index contributed by atoms with van der Waals surface area (Å²) >= 11 is 0. The van der Waals surface area contributed by atoms with Gasteiger partial charge in [-0.2, -0.15) is 5.10 Å². The average Bonchev–Trinajstić information content (AvgIpc) is 2.86. The van der Waals surface area contributed by atoms with Gasteiger partial charge in [-0.3, -0.25) is 4.68 Å². The number of hydrogen-bond donors (Lipinski definition) is 1. The fourth-order valence-electron chi connectivity index (χ4n) is 2.29. The molecular formula is C13H22N4O2. The van der Waals surface area contributed by atoms with Crippen LogP contribution in [0.15, 0.2) is 18.5 Å². The van der Waals surface area contributed by atoms with E-state index in [9.17, 15) is 4.79 Å². The zero-order valence-electron chi connectivity index (χ0n) is 11.7. The second kappa shape index (κ2) is 5.21. The minimum atomic E-state index is -0.486. The van der Waals surface area contributed by atoms with Crippen molar-refractivity contribution in [3.63, 3.8) is 0 Å². The molecule has 2 atom stereocenters. The summed E-state index contributed by atoms with van der Waals surface area (Å²) in [6.07, 6.45) is 4.10. The molecule has 0 bridgehead atoms. The van der Waals surface area contributed by atoms with Crippen LogP contribution in [0.2, 0.25) is 0 Å². The van der Waals surface area contributed by atoms with Gasteiger partial charge in [0.05, 0.1) is 12.6 Å². The second-order valence-corrected chi connectivity index (χ2v) is 6.01. The van der Waals surface area contributed by atoms with Crippen LogP contribution >= 0.6 is 0 Å². The van der Waals surface area contributed by atoms with E-state index in [1.807, 2.05) is 37.7 Å². The van der Waals surface area contributed by atoms with Gasteiger partial charge in [-0.15, -0.1) is 0 Å². The van der Waals surface area contributed by atoms with Gasteiger partial charge in [0.15, 0.2) is 0 Å². The largest absolute Gasteiger partial charge is 0.444 e. The van der Waals surface area contributed by atoms with Crippen LogP contribution in [-0.2, 0) is 11.3 Å². The van der Waals surface area contributed by atoms with Crippen LogP contribution in [0.3, 0.4) is 0 Å². The summed E-state index contributed by atoms with van der Waals surface area (Å²) in [5.74, 6) is 0. The normalized spacial score (nSPS) is 23.7. The van der Waals surface area contributed by atoms with E-state index in [2.05, 4.69) is 5.10 Å². The van der Waals surface area contributed by atoms with Crippen molar-refractivity contribution in [2.45, 2.75) is 51.4 Å². The van der Waals surface area contributed by atoms with Crippen molar-refractivity contribution in [3.8, 4) is 0 Å². The van der Waals surface area contributed by atoms with Gasteiger partial charge in [0.25, 0.3) is 0 Å². The first kappa shape index (κ1) is 13.9. The maximum absolute atomic E-state index is 12.2. The van der Waals surface area contributed by atoms with Crippen LogP contribution in [0, 0.1) is 0 Å². The molecule has 1 aliphatic heterocycles. The minimum Gasteiger partial charge on any atom is -0.444 e. The molecule has 2 N–H and O–H groups in total. The maximum Gasteiger partial charge on any atom is 0.410 e. The van der Waals surface area contributed by atoms with E-state index in [1.54, 1.807) is 11.1 Å². The Balaban J connectivity index is 2.03. The third-order valence-corrected chi connectivity index (χ3v) is 3.03. The zero-order chi connectivity index (χ0) is 14.0. The molecule has 1 aliphatic rings. The summed E-state index contributed by atoms with van der Waals surface area (Å²) in [4.78, 5) is 13.9. The minimum absolute atomic E-state index is 0.00748. The maximum atomic E-state index is 12.2. The number of likely N-dealkylation sites (tertiary alicyclic amines) is 1. The summed E-state index contributed by atoms with van der Waals surface area (Å²) in [6, 6.07) is 1.92. The molecule has 0 saturated carbocycles. The Hall–Kier alpha value is -1.56. The highest BCUT2D eigenvalue weighted by Crippen LogP contribution is 2.21. The molecule has 0 aliphatic carbocycles. The SMILES string of the molecule is CC(C)(C)OC(=O)N1C[C@H](N)C[C@H]1Cn1cccn1. The highest BCUT2D eigenvalue weighted by molar-refractivity contribution is 5.69. The summed E-state index contributed by atoms with van der Waals surface area (Å²) in [5.41, 5.74) is 5.48. The van der Waals surface area contributed by atoms with Gasteiger partial charge in [0, 0.05) is 25.0 Å². The zero-order valence-corrected chi connectivity index (χ0v) is 11.7. The monoisotopic (exact) mass is 266 g/mol. The van der Waals surface area contributed by atoms with Gasteiger partial charge in [0.1, 0.15) is 5.60 Å². The first-order valence-corrected chi connectivity index (χ1v) is 6.58. The Bertz CT molecular complexity index is 424. The summed E-state index contributed by atoms with van der Waals surface area (Å²) in [7, 11) is 0. The Morgan fingerprint density at radius 2 is 2.26 bits per heavy atom. The van der Waals surface area contributed by atoms with Gasteiger partial charge in [-0.25, -0.2) is 4.79 Å². The lowest BCUT2D eigenvalue weighted by atomic mass is 10.2. The highest BCUT2D eigenvalue weighted by Gasteiger charge is 2.36. The molecule has 0 aromatic carbocycles. The molecule has 1 aromatic heterocycles. The number of nitrogens with two attached hydrogens (primary N) is 1. The third kappa shape index (κ3) is 3.70. The Morgan fingerprint density at radius 1 is 1.53 bits per heavy atom. The molecule has 6 nitrogen and oxygen atoms in total. The molecule has 106 valence electrons. The highest BCUT2D eigenvalue weighted by atomic mass is 16.6. The molecule has 2 heterocycles. The lowest BCUT2D eigenvalue weighted by Crippen LogP contribution is -2.42. The predicted molar refractivity (Wildman–Crippen MR) is 71.5 cm³/mol. The van der Waals surface area contributed by atoms with Crippen molar-refractivity contribution >= 4 is 6.09 Å². The molecule has 0 spiro atoms. The van der Waals surface area contributed by atoms with E-state index in [1.165, 1.54) is 0 Å². The standard InChI is InChI=1S/C13H22N4O2/c1-13(2,3)19-12(18)17-8-10(14)7-11(17)9-16-6-4-5-15-16/h4-6,10-11H,7-9,14H2,1-3H3/t10-,11+/m1/s1. The first-order chi connectivity index (χ1) is 8.85. The van der Waals surface area contributed by atoms with Gasteiger partial charge in [-0.05, 0) is 33.3 Å². The van der Waals surface area contributed by atoms with Gasteiger partial charge in [0.2, 0.25) is 0 Å². The van der Waals surface area contributed by atoms with Crippen molar-refractivity contribution in [2.24, 2.45) is 5.73 Å². The van der Waals surface area contributed by atoms with E-state index in [4.69, 9.17) is 10.5 Å². The number of carbonyl (C=O) groups excluding carboxylic acids is 1. The summed E-state index contributed by atoms with van der Waals surface area (Å²) in [5, 5.41) is 4.17. The molecule has 1 fully saturated rings.